The van der Waals surface area contributed by atoms with Crippen molar-refractivity contribution in [1.29, 1.82) is 0 Å². The fraction of sp³-hybridized carbons (Fsp3) is 0.0909. The van der Waals surface area contributed by atoms with E-state index in [1.807, 2.05) is 0 Å². The quantitative estimate of drug-likeness (QED) is 0.601. The normalized spacial score (nSPS) is 11.9. The number of halogens is 3. The first-order chi connectivity index (χ1) is 6.57. The van der Waals surface area contributed by atoms with E-state index in [4.69, 9.17) is 0 Å². The van der Waals surface area contributed by atoms with Crippen molar-refractivity contribution in [1.82, 2.24) is 0 Å². The number of fused-ring (bicyclic) bond motifs is 1. The van der Waals surface area contributed by atoms with Gasteiger partial charge in [0.2, 0.25) is 0 Å². The second-order valence-corrected chi connectivity index (χ2v) is 2.99. The highest BCUT2D eigenvalue weighted by Crippen LogP contribution is 2.31. The zero-order valence-electron chi connectivity index (χ0n) is 7.10. The largest absolute Gasteiger partial charge is 0.416 e. The van der Waals surface area contributed by atoms with Crippen LogP contribution >= 0.6 is 0 Å². The van der Waals surface area contributed by atoms with Crippen LogP contribution < -0.4 is 0 Å². The Hall–Kier alpha value is -1.51. The predicted molar refractivity (Wildman–Crippen MR) is 47.8 cm³/mol. The zero-order chi connectivity index (χ0) is 10.2. The summed E-state index contributed by atoms with van der Waals surface area (Å²) in [5.74, 6) is 0. The van der Waals surface area contributed by atoms with Gasteiger partial charge in [-0.2, -0.15) is 13.2 Å². The molecule has 0 saturated carbocycles. The van der Waals surface area contributed by atoms with E-state index in [9.17, 15) is 13.2 Å². The summed E-state index contributed by atoms with van der Waals surface area (Å²) in [5, 5.41) is 1.35. The third kappa shape index (κ3) is 1.58. The van der Waals surface area contributed by atoms with E-state index in [-0.39, 0.29) is 0 Å². The molecule has 2 rings (SSSR count). The minimum atomic E-state index is -4.27. The van der Waals surface area contributed by atoms with Gasteiger partial charge in [0, 0.05) is 0 Å². The van der Waals surface area contributed by atoms with Gasteiger partial charge in [-0.3, -0.25) is 0 Å². The fourth-order valence-corrected chi connectivity index (χ4v) is 1.30. The maximum Gasteiger partial charge on any atom is 0.416 e. The molecule has 14 heavy (non-hydrogen) atoms. The monoisotopic (exact) mass is 195 g/mol. The van der Waals surface area contributed by atoms with Crippen LogP contribution in [0.25, 0.3) is 10.8 Å². The van der Waals surface area contributed by atoms with Crippen molar-refractivity contribution in [2.75, 3.05) is 0 Å². The van der Waals surface area contributed by atoms with Gasteiger partial charge in [0.25, 0.3) is 0 Å². The van der Waals surface area contributed by atoms with Crippen molar-refractivity contribution in [2.24, 2.45) is 0 Å². The molecule has 2 aromatic rings. The zero-order valence-corrected chi connectivity index (χ0v) is 7.10. The first-order valence-corrected chi connectivity index (χ1v) is 4.04. The average molecular weight is 195 g/mol. The summed E-state index contributed by atoms with van der Waals surface area (Å²) < 4.78 is 36.9. The van der Waals surface area contributed by atoms with E-state index >= 15 is 0 Å². The number of hydrogen-bond acceptors (Lipinski definition) is 0. The van der Waals surface area contributed by atoms with E-state index in [0.717, 1.165) is 17.5 Å². The van der Waals surface area contributed by atoms with Gasteiger partial charge in [-0.1, -0.05) is 18.2 Å². The summed E-state index contributed by atoms with van der Waals surface area (Å²) in [4.78, 5) is 0. The van der Waals surface area contributed by atoms with Gasteiger partial charge in [0.05, 0.1) is 5.56 Å². The van der Waals surface area contributed by atoms with E-state index in [2.05, 4.69) is 6.07 Å². The molecule has 0 spiro atoms. The molecule has 0 aliphatic heterocycles. The van der Waals surface area contributed by atoms with Gasteiger partial charge >= 0.3 is 6.18 Å². The van der Waals surface area contributed by atoms with Crippen LogP contribution in [0.4, 0.5) is 13.2 Å². The smallest absolute Gasteiger partial charge is 0.166 e. The Balaban J connectivity index is 2.63. The number of alkyl halides is 3. The molecule has 0 nitrogen and oxygen atoms in total. The molecule has 0 aliphatic rings. The molecular formula is C11H6F3. The summed E-state index contributed by atoms with van der Waals surface area (Å²) in [7, 11) is 0. The Morgan fingerprint density at radius 2 is 1.79 bits per heavy atom. The summed E-state index contributed by atoms with van der Waals surface area (Å²) in [6, 6.07) is 11.4. The maximum absolute atomic E-state index is 12.3. The molecule has 0 unspecified atom stereocenters. The maximum atomic E-state index is 12.3. The van der Waals surface area contributed by atoms with Crippen LogP contribution in [0.15, 0.2) is 36.4 Å². The van der Waals surface area contributed by atoms with E-state index in [0.29, 0.717) is 5.39 Å². The SMILES string of the molecule is FC(F)(F)c1ccc2c[c]ccc2c1. The third-order valence-corrected chi connectivity index (χ3v) is 2.01. The van der Waals surface area contributed by atoms with Gasteiger partial charge in [-0.15, -0.1) is 0 Å². The van der Waals surface area contributed by atoms with Crippen LogP contribution in [0, 0.1) is 6.07 Å². The molecule has 2 aromatic carbocycles. The Bertz CT molecular complexity index is 457. The lowest BCUT2D eigenvalue weighted by molar-refractivity contribution is -0.137. The van der Waals surface area contributed by atoms with Crippen LogP contribution in [0.2, 0.25) is 0 Å². The van der Waals surface area contributed by atoms with Crippen LogP contribution in [0.1, 0.15) is 5.56 Å². The highest BCUT2D eigenvalue weighted by atomic mass is 19.4. The molecule has 1 radical (unpaired) electrons. The predicted octanol–water partition coefficient (Wildman–Crippen LogP) is 3.66. The van der Waals surface area contributed by atoms with Gasteiger partial charge in [-0.25, -0.2) is 0 Å². The number of benzene rings is 2. The van der Waals surface area contributed by atoms with Crippen LogP contribution in [-0.2, 0) is 6.18 Å². The van der Waals surface area contributed by atoms with Gasteiger partial charge in [-0.05, 0) is 35.0 Å². The van der Waals surface area contributed by atoms with Gasteiger partial charge in [0.15, 0.2) is 0 Å². The highest BCUT2D eigenvalue weighted by molar-refractivity contribution is 5.82. The second-order valence-electron chi connectivity index (χ2n) is 2.99. The van der Waals surface area contributed by atoms with E-state index in [1.54, 1.807) is 18.2 Å². The summed E-state index contributed by atoms with van der Waals surface area (Å²) >= 11 is 0. The van der Waals surface area contributed by atoms with Crippen LogP contribution in [0.5, 0.6) is 0 Å². The van der Waals surface area contributed by atoms with Crippen LogP contribution in [-0.4, -0.2) is 0 Å². The number of rotatable bonds is 0. The lowest BCUT2D eigenvalue weighted by Gasteiger charge is -2.07. The molecule has 0 atom stereocenters. The first-order valence-electron chi connectivity index (χ1n) is 4.04. The molecule has 0 amide bonds. The lowest BCUT2D eigenvalue weighted by atomic mass is 10.1. The molecule has 0 fully saturated rings. The highest BCUT2D eigenvalue weighted by Gasteiger charge is 2.30. The Kier molecular flexibility index (Phi) is 1.95. The van der Waals surface area contributed by atoms with Gasteiger partial charge in [0.1, 0.15) is 0 Å². The van der Waals surface area contributed by atoms with Crippen molar-refractivity contribution in [3.05, 3.63) is 48.0 Å². The minimum absolute atomic E-state index is 0.582. The Morgan fingerprint density at radius 1 is 1.00 bits per heavy atom. The van der Waals surface area contributed by atoms with Crippen molar-refractivity contribution in [3.8, 4) is 0 Å². The molecule has 0 saturated heterocycles. The molecule has 71 valence electrons. The minimum Gasteiger partial charge on any atom is -0.166 e. The lowest BCUT2D eigenvalue weighted by Crippen LogP contribution is -2.04. The summed E-state index contributed by atoms with van der Waals surface area (Å²) in [5.41, 5.74) is -0.615. The molecular weight excluding hydrogens is 189 g/mol. The molecule has 0 aromatic heterocycles. The summed E-state index contributed by atoms with van der Waals surface area (Å²) in [6.07, 6.45) is -4.27. The molecule has 0 heterocycles. The third-order valence-electron chi connectivity index (χ3n) is 2.01. The van der Waals surface area contributed by atoms with Crippen molar-refractivity contribution in [2.45, 2.75) is 6.18 Å². The molecule has 0 N–H and O–H groups in total. The van der Waals surface area contributed by atoms with Gasteiger partial charge < -0.3 is 0 Å². The molecule has 3 heteroatoms. The topological polar surface area (TPSA) is 0 Å². The standard InChI is InChI=1S/C11H6F3/c12-11(13,14)10-6-5-8-3-1-2-4-9(8)7-10/h2-7H. The molecule has 0 bridgehead atoms. The number of hydrogen-bond donors (Lipinski definition) is 0. The average Bonchev–Trinajstić information content (AvgIpc) is 2.16. The van der Waals surface area contributed by atoms with Crippen LogP contribution in [0.3, 0.4) is 0 Å². The first kappa shape index (κ1) is 9.06. The van der Waals surface area contributed by atoms with E-state index in [1.165, 1.54) is 6.07 Å². The fourth-order valence-electron chi connectivity index (χ4n) is 1.30. The summed E-state index contributed by atoms with van der Waals surface area (Å²) in [6.45, 7) is 0. The van der Waals surface area contributed by atoms with Crippen molar-refractivity contribution in [3.63, 3.8) is 0 Å². The second kappa shape index (κ2) is 3.01. The van der Waals surface area contributed by atoms with Crippen molar-refractivity contribution >= 4 is 10.8 Å². The van der Waals surface area contributed by atoms with Crippen molar-refractivity contribution < 1.29 is 13.2 Å². The Morgan fingerprint density at radius 3 is 2.50 bits per heavy atom. The van der Waals surface area contributed by atoms with E-state index < -0.39 is 11.7 Å². The Labute approximate surface area is 79.0 Å². The molecule has 0 aliphatic carbocycles.